The Morgan fingerprint density at radius 2 is 2.40 bits per heavy atom. The smallest absolute Gasteiger partial charge is 0.276 e. The Hall–Kier alpha value is -1.69. The molecule has 0 unspecified atom stereocenters. The van der Waals surface area contributed by atoms with E-state index in [-0.39, 0.29) is 0 Å². The maximum atomic E-state index is 5.40. The van der Waals surface area contributed by atoms with E-state index < -0.39 is 0 Å². The van der Waals surface area contributed by atoms with Crippen molar-refractivity contribution in [3.63, 3.8) is 0 Å². The third kappa shape index (κ3) is 2.04. The molecule has 6 nitrogen and oxygen atoms in total. The fourth-order valence-electron chi connectivity index (χ4n) is 1.30. The van der Waals surface area contributed by atoms with Gasteiger partial charge in [0.1, 0.15) is 5.69 Å². The summed E-state index contributed by atoms with van der Waals surface area (Å²) < 4.78 is 6.82. The molecule has 15 heavy (non-hydrogen) atoms. The molecule has 2 aromatic heterocycles. The highest BCUT2D eigenvalue weighted by Gasteiger charge is 2.11. The predicted molar refractivity (Wildman–Crippen MR) is 53.9 cm³/mol. The van der Waals surface area contributed by atoms with Crippen LogP contribution in [0.15, 0.2) is 16.8 Å². The zero-order chi connectivity index (χ0) is 10.7. The van der Waals surface area contributed by atoms with Crippen molar-refractivity contribution in [3.8, 4) is 11.6 Å². The van der Waals surface area contributed by atoms with Crippen LogP contribution in [0.5, 0.6) is 0 Å². The molecule has 2 rings (SSSR count). The Kier molecular flexibility index (Phi) is 2.77. The summed E-state index contributed by atoms with van der Waals surface area (Å²) in [6, 6.07) is 1.83. The molecule has 6 heteroatoms. The van der Waals surface area contributed by atoms with E-state index in [9.17, 15) is 0 Å². The number of aryl methyl sites for hydroxylation is 2. The molecule has 0 fully saturated rings. The van der Waals surface area contributed by atoms with Crippen molar-refractivity contribution in [2.45, 2.75) is 12.8 Å². The van der Waals surface area contributed by atoms with Gasteiger partial charge in [-0.25, -0.2) is 0 Å². The fraction of sp³-hybridized carbons (Fsp3) is 0.444. The molecule has 0 radical (unpaired) electrons. The van der Waals surface area contributed by atoms with E-state index in [1.54, 1.807) is 10.9 Å². The van der Waals surface area contributed by atoms with Crippen molar-refractivity contribution in [3.05, 3.63) is 18.1 Å². The molecule has 0 atom stereocenters. The normalized spacial score (nSPS) is 10.8. The number of hydrogen-bond donors (Lipinski definition) is 1. The zero-order valence-corrected chi connectivity index (χ0v) is 8.55. The van der Waals surface area contributed by atoms with E-state index >= 15 is 0 Å². The molecular formula is C9H13N5O. The third-order valence-corrected chi connectivity index (χ3v) is 2.11. The summed E-state index contributed by atoms with van der Waals surface area (Å²) in [5, 5.41) is 7.90. The number of hydrogen-bond acceptors (Lipinski definition) is 5. The van der Waals surface area contributed by atoms with Crippen molar-refractivity contribution in [1.82, 2.24) is 19.9 Å². The third-order valence-electron chi connectivity index (χ3n) is 2.11. The second-order valence-electron chi connectivity index (χ2n) is 3.25. The van der Waals surface area contributed by atoms with Crippen LogP contribution < -0.4 is 5.73 Å². The zero-order valence-electron chi connectivity index (χ0n) is 8.55. The second kappa shape index (κ2) is 4.22. The standard InChI is InChI=1S/C9H13N5O/c1-14-7(4-6-11-14)9-12-8(13-15-9)3-2-5-10/h4,6H,2-3,5,10H2,1H3. The van der Waals surface area contributed by atoms with E-state index in [2.05, 4.69) is 15.2 Å². The van der Waals surface area contributed by atoms with Crippen LogP contribution in [0, 0.1) is 0 Å². The van der Waals surface area contributed by atoms with Gasteiger partial charge in [-0.1, -0.05) is 5.16 Å². The predicted octanol–water partition coefficient (Wildman–Crippen LogP) is 0.361. The topological polar surface area (TPSA) is 82.8 Å². The molecule has 2 heterocycles. The monoisotopic (exact) mass is 207 g/mol. The molecular weight excluding hydrogens is 194 g/mol. The summed E-state index contributed by atoms with van der Waals surface area (Å²) in [4.78, 5) is 4.26. The van der Waals surface area contributed by atoms with E-state index in [0.29, 0.717) is 18.3 Å². The minimum Gasteiger partial charge on any atom is -0.332 e. The number of aromatic nitrogens is 4. The van der Waals surface area contributed by atoms with Crippen molar-refractivity contribution in [1.29, 1.82) is 0 Å². The van der Waals surface area contributed by atoms with E-state index in [1.165, 1.54) is 0 Å². The van der Waals surface area contributed by atoms with Gasteiger partial charge in [-0.3, -0.25) is 4.68 Å². The van der Waals surface area contributed by atoms with Gasteiger partial charge >= 0.3 is 0 Å². The lowest BCUT2D eigenvalue weighted by atomic mass is 10.3. The Balaban J connectivity index is 2.17. The summed E-state index contributed by atoms with van der Waals surface area (Å²) in [7, 11) is 1.83. The van der Waals surface area contributed by atoms with Gasteiger partial charge in [0.2, 0.25) is 0 Å². The first-order chi connectivity index (χ1) is 7.31. The minimum absolute atomic E-state index is 0.502. The van der Waals surface area contributed by atoms with E-state index in [1.807, 2.05) is 13.1 Å². The van der Waals surface area contributed by atoms with Gasteiger partial charge in [0.15, 0.2) is 5.82 Å². The summed E-state index contributed by atoms with van der Waals surface area (Å²) >= 11 is 0. The molecule has 0 spiro atoms. The van der Waals surface area contributed by atoms with E-state index in [0.717, 1.165) is 18.5 Å². The quantitative estimate of drug-likeness (QED) is 0.782. The van der Waals surface area contributed by atoms with Gasteiger partial charge in [-0.15, -0.1) is 0 Å². The highest BCUT2D eigenvalue weighted by molar-refractivity contribution is 5.45. The van der Waals surface area contributed by atoms with Crippen molar-refractivity contribution >= 4 is 0 Å². The second-order valence-corrected chi connectivity index (χ2v) is 3.25. The molecule has 0 aromatic carbocycles. The molecule has 0 aliphatic heterocycles. The summed E-state index contributed by atoms with van der Waals surface area (Å²) in [5.74, 6) is 1.19. The highest BCUT2D eigenvalue weighted by atomic mass is 16.5. The SMILES string of the molecule is Cn1nccc1-c1nc(CCCN)no1. The molecule has 2 N–H and O–H groups in total. The van der Waals surface area contributed by atoms with Crippen LogP contribution in [0.25, 0.3) is 11.6 Å². The van der Waals surface area contributed by atoms with Crippen LogP contribution in [0.1, 0.15) is 12.2 Å². The summed E-state index contributed by atoms with van der Waals surface area (Å²) in [6.07, 6.45) is 3.31. The van der Waals surface area contributed by atoms with E-state index in [4.69, 9.17) is 10.3 Å². The molecule has 0 saturated heterocycles. The molecule has 0 aliphatic rings. The van der Waals surface area contributed by atoms with Crippen LogP contribution in [0.4, 0.5) is 0 Å². The number of nitrogens with two attached hydrogens (primary N) is 1. The van der Waals surface area contributed by atoms with Crippen molar-refractivity contribution in [2.24, 2.45) is 12.8 Å². The minimum atomic E-state index is 0.502. The molecule has 0 bridgehead atoms. The van der Waals surface area contributed by atoms with Crippen LogP contribution >= 0.6 is 0 Å². The van der Waals surface area contributed by atoms with Crippen LogP contribution in [-0.4, -0.2) is 26.5 Å². The maximum absolute atomic E-state index is 5.40. The Morgan fingerprint density at radius 1 is 1.53 bits per heavy atom. The lowest BCUT2D eigenvalue weighted by Crippen LogP contribution is -2.01. The van der Waals surface area contributed by atoms with Gasteiger partial charge in [0, 0.05) is 19.7 Å². The Bertz CT molecular complexity index is 433. The Morgan fingerprint density at radius 3 is 3.07 bits per heavy atom. The van der Waals surface area contributed by atoms with Crippen molar-refractivity contribution < 1.29 is 4.52 Å². The lowest BCUT2D eigenvalue weighted by Gasteiger charge is -1.92. The summed E-state index contributed by atoms with van der Waals surface area (Å²) in [5.41, 5.74) is 6.22. The van der Waals surface area contributed by atoms with Crippen LogP contribution in [-0.2, 0) is 13.5 Å². The Labute approximate surface area is 87.1 Å². The molecule has 2 aromatic rings. The molecule has 80 valence electrons. The molecule has 0 amide bonds. The summed E-state index contributed by atoms with van der Waals surface area (Å²) in [6.45, 7) is 0.635. The number of rotatable bonds is 4. The van der Waals surface area contributed by atoms with Crippen LogP contribution in [0.2, 0.25) is 0 Å². The first-order valence-electron chi connectivity index (χ1n) is 4.82. The maximum Gasteiger partial charge on any atom is 0.276 e. The van der Waals surface area contributed by atoms with Crippen LogP contribution in [0.3, 0.4) is 0 Å². The van der Waals surface area contributed by atoms with Gasteiger partial charge in [-0.2, -0.15) is 10.1 Å². The van der Waals surface area contributed by atoms with Gasteiger partial charge < -0.3 is 10.3 Å². The lowest BCUT2D eigenvalue weighted by molar-refractivity contribution is 0.418. The van der Waals surface area contributed by atoms with Gasteiger partial charge in [0.25, 0.3) is 5.89 Å². The largest absolute Gasteiger partial charge is 0.332 e. The average molecular weight is 207 g/mol. The first-order valence-corrected chi connectivity index (χ1v) is 4.82. The highest BCUT2D eigenvalue weighted by Crippen LogP contribution is 2.15. The van der Waals surface area contributed by atoms with Gasteiger partial charge in [0.05, 0.1) is 0 Å². The first kappa shape index (κ1) is 9.85. The molecule has 0 saturated carbocycles. The fourth-order valence-corrected chi connectivity index (χ4v) is 1.30. The average Bonchev–Trinajstić information content (AvgIpc) is 2.83. The number of nitrogens with zero attached hydrogens (tertiary/aromatic N) is 4. The van der Waals surface area contributed by atoms with Crippen molar-refractivity contribution in [2.75, 3.05) is 6.54 Å². The molecule has 0 aliphatic carbocycles. The van der Waals surface area contributed by atoms with Gasteiger partial charge in [-0.05, 0) is 19.0 Å².